The summed E-state index contributed by atoms with van der Waals surface area (Å²) in [6, 6.07) is 5.37. The number of carbonyl (C=O) groups excluding carboxylic acids is 1. The molecule has 1 aromatic carbocycles. The average molecular weight is 393 g/mol. The number of fused-ring (bicyclic) bond motifs is 1. The summed E-state index contributed by atoms with van der Waals surface area (Å²) in [6.45, 7) is 6.71. The van der Waals surface area contributed by atoms with Crippen LogP contribution in [0.5, 0.6) is 0 Å². The maximum absolute atomic E-state index is 13.0. The molecule has 0 radical (unpaired) electrons. The second-order valence-corrected chi connectivity index (χ2v) is 8.04. The Morgan fingerprint density at radius 1 is 1.22 bits per heavy atom. The predicted molar refractivity (Wildman–Crippen MR) is 103 cm³/mol. The molecule has 3 heterocycles. The maximum atomic E-state index is 13.0. The number of amides is 1. The number of hydrogen-bond acceptors (Lipinski definition) is 5. The molecule has 2 aromatic rings. The third-order valence-corrected chi connectivity index (χ3v) is 5.93. The number of likely N-dealkylation sites (tertiary alicyclic amines) is 1. The minimum absolute atomic E-state index is 0.117. The monoisotopic (exact) mass is 392 g/mol. The van der Waals surface area contributed by atoms with Gasteiger partial charge in [-0.05, 0) is 38.0 Å². The number of benzene rings is 1. The first-order valence-corrected chi connectivity index (χ1v) is 9.83. The first kappa shape index (κ1) is 18.7. The molecule has 146 valence electrons. The highest BCUT2D eigenvalue weighted by molar-refractivity contribution is 6.31. The first-order valence-electron chi connectivity index (χ1n) is 9.46. The molecule has 2 aliphatic rings. The highest BCUT2D eigenvalue weighted by Crippen LogP contribution is 2.30. The molecule has 0 aliphatic carbocycles. The molecule has 1 N–H and O–H groups in total. The highest BCUT2D eigenvalue weighted by Gasteiger charge is 2.37. The van der Waals surface area contributed by atoms with Crippen LogP contribution in [0.15, 0.2) is 22.6 Å². The van der Waals surface area contributed by atoms with E-state index in [0.29, 0.717) is 48.8 Å². The predicted octanol–water partition coefficient (Wildman–Crippen LogP) is 2.69. The summed E-state index contributed by atoms with van der Waals surface area (Å²) in [5.41, 5.74) is 0.734. The smallest absolute Gasteiger partial charge is 0.289 e. The van der Waals surface area contributed by atoms with Crippen molar-refractivity contribution < 1.29 is 19.1 Å². The van der Waals surface area contributed by atoms with Crippen LogP contribution in [0, 0.1) is 6.92 Å². The molecule has 27 heavy (non-hydrogen) atoms. The van der Waals surface area contributed by atoms with E-state index in [9.17, 15) is 9.90 Å². The van der Waals surface area contributed by atoms with Gasteiger partial charge >= 0.3 is 0 Å². The van der Waals surface area contributed by atoms with Crippen molar-refractivity contribution in [3.8, 4) is 0 Å². The quantitative estimate of drug-likeness (QED) is 0.869. The van der Waals surface area contributed by atoms with Crippen molar-refractivity contribution >= 4 is 28.5 Å². The van der Waals surface area contributed by atoms with Crippen LogP contribution in [-0.2, 0) is 4.74 Å². The van der Waals surface area contributed by atoms with Crippen LogP contribution in [0.25, 0.3) is 11.0 Å². The standard InChI is InChI=1S/C20H25ClN2O4/c1-14-16-12-15(21)2-3-17(16)27-18(14)19(24)23-6-4-20(25,5-7-23)13-22-8-10-26-11-9-22/h2-3,12,25H,4-11,13H2,1H3. The number of piperidine rings is 1. The van der Waals surface area contributed by atoms with Gasteiger partial charge in [-0.25, -0.2) is 0 Å². The lowest BCUT2D eigenvalue weighted by Crippen LogP contribution is -2.53. The average Bonchev–Trinajstić information content (AvgIpc) is 2.99. The Morgan fingerprint density at radius 2 is 1.93 bits per heavy atom. The van der Waals surface area contributed by atoms with E-state index in [4.69, 9.17) is 20.8 Å². The Balaban J connectivity index is 1.43. The van der Waals surface area contributed by atoms with Gasteiger partial charge in [0.2, 0.25) is 0 Å². The normalized spacial score (nSPS) is 20.9. The minimum atomic E-state index is -0.745. The largest absolute Gasteiger partial charge is 0.451 e. The molecule has 7 heteroatoms. The lowest BCUT2D eigenvalue weighted by molar-refractivity contribution is -0.0601. The Morgan fingerprint density at radius 3 is 2.63 bits per heavy atom. The van der Waals surface area contributed by atoms with E-state index in [1.807, 2.05) is 13.0 Å². The first-order chi connectivity index (χ1) is 13.0. The fraction of sp³-hybridized carbons (Fsp3) is 0.550. The number of rotatable bonds is 3. The van der Waals surface area contributed by atoms with Crippen LogP contribution in [0.3, 0.4) is 0 Å². The molecule has 6 nitrogen and oxygen atoms in total. The van der Waals surface area contributed by atoms with E-state index < -0.39 is 5.60 Å². The van der Waals surface area contributed by atoms with E-state index in [0.717, 1.165) is 37.3 Å². The van der Waals surface area contributed by atoms with E-state index >= 15 is 0 Å². The van der Waals surface area contributed by atoms with E-state index in [1.165, 1.54) is 0 Å². The zero-order valence-electron chi connectivity index (χ0n) is 15.5. The molecule has 0 unspecified atom stereocenters. The summed E-state index contributed by atoms with van der Waals surface area (Å²) in [4.78, 5) is 17.0. The number of hydrogen-bond donors (Lipinski definition) is 1. The third kappa shape index (κ3) is 3.85. The molecule has 4 rings (SSSR count). The minimum Gasteiger partial charge on any atom is -0.451 e. The summed E-state index contributed by atoms with van der Waals surface area (Å²) in [6.07, 6.45) is 1.14. The Hall–Kier alpha value is -1.60. The van der Waals surface area contributed by atoms with Crippen LogP contribution in [0.1, 0.15) is 29.0 Å². The van der Waals surface area contributed by atoms with Gasteiger partial charge < -0.3 is 19.2 Å². The van der Waals surface area contributed by atoms with E-state index in [1.54, 1.807) is 17.0 Å². The summed E-state index contributed by atoms with van der Waals surface area (Å²) in [5, 5.41) is 12.4. The lowest BCUT2D eigenvalue weighted by atomic mass is 9.90. The van der Waals surface area contributed by atoms with Gasteiger partial charge in [0.25, 0.3) is 5.91 Å². The molecule has 2 fully saturated rings. The molecular formula is C20H25ClN2O4. The fourth-order valence-corrected chi connectivity index (χ4v) is 4.17. The zero-order chi connectivity index (χ0) is 19.0. The second-order valence-electron chi connectivity index (χ2n) is 7.60. The van der Waals surface area contributed by atoms with Crippen molar-refractivity contribution in [3.05, 3.63) is 34.5 Å². The van der Waals surface area contributed by atoms with Crippen molar-refractivity contribution in [1.29, 1.82) is 0 Å². The van der Waals surface area contributed by atoms with Crippen LogP contribution >= 0.6 is 11.6 Å². The number of β-amino-alcohol motifs (C(OH)–C–C–N with tert-alkyl or cyclic N) is 1. The van der Waals surface area contributed by atoms with Crippen LogP contribution < -0.4 is 0 Å². The number of furan rings is 1. The van der Waals surface area contributed by atoms with Crippen molar-refractivity contribution in [2.24, 2.45) is 0 Å². The van der Waals surface area contributed by atoms with Crippen molar-refractivity contribution in [3.63, 3.8) is 0 Å². The third-order valence-electron chi connectivity index (χ3n) is 5.70. The summed E-state index contributed by atoms with van der Waals surface area (Å²) >= 11 is 6.06. The number of nitrogens with zero attached hydrogens (tertiary/aromatic N) is 2. The fourth-order valence-electron chi connectivity index (χ4n) is 4.00. The van der Waals surface area contributed by atoms with Crippen LogP contribution in [-0.4, -0.2) is 72.4 Å². The summed E-state index contributed by atoms with van der Waals surface area (Å²) < 4.78 is 11.2. The van der Waals surface area contributed by atoms with E-state index in [2.05, 4.69) is 4.90 Å². The topological polar surface area (TPSA) is 66.2 Å². The van der Waals surface area contributed by atoms with Crippen LogP contribution in [0.2, 0.25) is 5.02 Å². The number of morpholine rings is 1. The van der Waals surface area contributed by atoms with Gasteiger partial charge in [-0.3, -0.25) is 9.69 Å². The SMILES string of the molecule is Cc1c(C(=O)N2CCC(O)(CN3CCOCC3)CC2)oc2ccc(Cl)cc12. The number of ether oxygens (including phenoxy) is 1. The molecule has 0 saturated carbocycles. The number of carbonyl (C=O) groups is 1. The van der Waals surface area contributed by atoms with Crippen molar-refractivity contribution in [2.75, 3.05) is 45.9 Å². The Labute approximate surface area is 163 Å². The molecule has 0 atom stereocenters. The summed E-state index contributed by atoms with van der Waals surface area (Å²) in [7, 11) is 0. The van der Waals surface area contributed by atoms with E-state index in [-0.39, 0.29) is 5.91 Å². The molecule has 1 amide bonds. The molecule has 1 aromatic heterocycles. The van der Waals surface area contributed by atoms with Crippen molar-refractivity contribution in [2.45, 2.75) is 25.4 Å². The van der Waals surface area contributed by atoms with Crippen molar-refractivity contribution in [1.82, 2.24) is 9.80 Å². The molecular weight excluding hydrogens is 368 g/mol. The second kappa shape index (κ2) is 7.43. The molecule has 0 bridgehead atoms. The number of aliphatic hydroxyl groups is 1. The van der Waals surface area contributed by atoms with Crippen LogP contribution in [0.4, 0.5) is 0 Å². The van der Waals surface area contributed by atoms with Gasteiger partial charge in [-0.1, -0.05) is 11.6 Å². The highest BCUT2D eigenvalue weighted by atomic mass is 35.5. The van der Waals surface area contributed by atoms with Gasteiger partial charge in [-0.15, -0.1) is 0 Å². The van der Waals surface area contributed by atoms with Gasteiger partial charge in [0.15, 0.2) is 5.76 Å². The van der Waals surface area contributed by atoms with Gasteiger partial charge in [0.1, 0.15) is 5.58 Å². The molecule has 2 aliphatic heterocycles. The Kier molecular flexibility index (Phi) is 5.16. The number of halogens is 1. The van der Waals surface area contributed by atoms with Gasteiger partial charge in [0, 0.05) is 48.7 Å². The zero-order valence-corrected chi connectivity index (χ0v) is 16.3. The van der Waals surface area contributed by atoms with Gasteiger partial charge in [0.05, 0.1) is 18.8 Å². The van der Waals surface area contributed by atoms with Gasteiger partial charge in [-0.2, -0.15) is 0 Å². The maximum Gasteiger partial charge on any atom is 0.289 e. The Bertz CT molecular complexity index is 836. The molecule has 2 saturated heterocycles. The summed E-state index contributed by atoms with van der Waals surface area (Å²) in [5.74, 6) is 0.249. The number of aryl methyl sites for hydroxylation is 1. The molecule has 0 spiro atoms. The lowest BCUT2D eigenvalue weighted by Gasteiger charge is -2.41.